The topological polar surface area (TPSA) is 98.4 Å². The number of hydrogen-bond donors (Lipinski definition) is 2. The van der Waals surface area contributed by atoms with E-state index in [1.165, 1.54) is 0 Å². The molecule has 2 N–H and O–H groups in total. The number of amidine groups is 1. The van der Waals surface area contributed by atoms with Gasteiger partial charge in [0.05, 0.1) is 43.3 Å². The number of nitrogens with one attached hydrogen (secondary N) is 2. The van der Waals surface area contributed by atoms with Crippen LogP contribution in [0.25, 0.3) is 0 Å². The molecule has 0 saturated carbocycles. The highest BCUT2D eigenvalue weighted by atomic mass is 16.5. The van der Waals surface area contributed by atoms with E-state index >= 15 is 0 Å². The van der Waals surface area contributed by atoms with E-state index in [4.69, 9.17) is 14.9 Å². The lowest BCUT2D eigenvalue weighted by Gasteiger charge is -2.19. The number of benzene rings is 2. The van der Waals surface area contributed by atoms with Gasteiger partial charge in [-0.05, 0) is 11.6 Å². The quantitative estimate of drug-likeness (QED) is 0.802. The third kappa shape index (κ3) is 2.76. The van der Waals surface area contributed by atoms with E-state index < -0.39 is 0 Å². The van der Waals surface area contributed by atoms with Crippen molar-refractivity contribution in [3.63, 3.8) is 0 Å². The number of fused-ring (bicyclic) bond motifs is 1. The molecule has 2 aliphatic heterocycles. The van der Waals surface area contributed by atoms with Crippen LogP contribution in [0.4, 0.5) is 11.4 Å². The molecule has 0 amide bonds. The van der Waals surface area contributed by atoms with Crippen LogP contribution >= 0.6 is 0 Å². The number of rotatable bonds is 3. The number of para-hydroxylation sites is 1. The standard InChI is InChI=1S/C21H18N4O3/c1-27-15-7-14(8-16(9-15)28-2)25-11-18(26)19(21(25)23)17-6-12-4-3-5-13(10-22)20(12)24-17/h3-5,7-9,23-24H,6,11H2,1-2H3. The van der Waals surface area contributed by atoms with Crippen LogP contribution in [0.3, 0.4) is 0 Å². The Morgan fingerprint density at radius 3 is 2.54 bits per heavy atom. The Kier molecular flexibility index (Phi) is 4.24. The van der Waals surface area contributed by atoms with Crippen LogP contribution in [-0.2, 0) is 11.2 Å². The Bertz CT molecular complexity index is 1060. The Balaban J connectivity index is 1.72. The lowest BCUT2D eigenvalue weighted by atomic mass is 10.1. The molecule has 0 unspecified atom stereocenters. The molecular weight excluding hydrogens is 356 g/mol. The summed E-state index contributed by atoms with van der Waals surface area (Å²) in [6.07, 6.45) is 0.490. The number of hydrogen-bond acceptors (Lipinski definition) is 6. The molecule has 1 saturated heterocycles. The van der Waals surface area contributed by atoms with Crippen molar-refractivity contribution in [1.82, 2.24) is 0 Å². The minimum absolute atomic E-state index is 0.0666. The predicted octanol–water partition coefficient (Wildman–Crippen LogP) is 2.86. The van der Waals surface area contributed by atoms with Gasteiger partial charge in [-0.2, -0.15) is 5.26 Å². The summed E-state index contributed by atoms with van der Waals surface area (Å²) in [5.41, 5.74) is 3.85. The molecule has 2 aromatic carbocycles. The molecule has 2 aromatic rings. The molecule has 140 valence electrons. The zero-order valence-electron chi connectivity index (χ0n) is 15.5. The number of nitrogens with zero attached hydrogens (tertiary/aromatic N) is 2. The highest BCUT2D eigenvalue weighted by Crippen LogP contribution is 2.36. The van der Waals surface area contributed by atoms with Crippen molar-refractivity contribution in [3.05, 3.63) is 58.8 Å². The van der Waals surface area contributed by atoms with Gasteiger partial charge in [0.2, 0.25) is 0 Å². The Hall–Kier alpha value is -3.79. The molecule has 4 rings (SSSR count). The number of Topliss-reactive ketones (excluding diaryl/α,β-unsaturated/α-hetero) is 1. The van der Waals surface area contributed by atoms with E-state index in [0.29, 0.717) is 40.4 Å². The molecule has 0 aliphatic carbocycles. The van der Waals surface area contributed by atoms with Gasteiger partial charge in [-0.3, -0.25) is 10.2 Å². The molecule has 0 spiro atoms. The van der Waals surface area contributed by atoms with E-state index in [0.717, 1.165) is 11.3 Å². The molecule has 0 bridgehead atoms. The fraction of sp³-hybridized carbons (Fsp3) is 0.190. The van der Waals surface area contributed by atoms with Crippen LogP contribution in [0.2, 0.25) is 0 Å². The first kappa shape index (κ1) is 17.6. The molecular formula is C21H18N4O3. The number of nitriles is 1. The average molecular weight is 374 g/mol. The summed E-state index contributed by atoms with van der Waals surface area (Å²) in [5, 5.41) is 21.1. The van der Waals surface area contributed by atoms with E-state index in [1.54, 1.807) is 43.4 Å². The van der Waals surface area contributed by atoms with Crippen LogP contribution in [0.1, 0.15) is 11.1 Å². The smallest absolute Gasteiger partial charge is 0.188 e. The third-order valence-corrected chi connectivity index (χ3v) is 4.95. The zero-order chi connectivity index (χ0) is 19.8. The van der Waals surface area contributed by atoms with E-state index in [-0.39, 0.29) is 18.2 Å². The number of ketones is 1. The van der Waals surface area contributed by atoms with Gasteiger partial charge in [0, 0.05) is 30.3 Å². The first-order chi connectivity index (χ1) is 13.5. The number of carbonyl (C=O) groups is 1. The van der Waals surface area contributed by atoms with Gasteiger partial charge in [0.15, 0.2) is 5.78 Å². The maximum atomic E-state index is 12.8. The van der Waals surface area contributed by atoms with Crippen molar-refractivity contribution in [2.75, 3.05) is 31.0 Å². The summed E-state index contributed by atoms with van der Waals surface area (Å²) in [5.74, 6) is 1.15. The molecule has 0 radical (unpaired) electrons. The molecule has 7 nitrogen and oxygen atoms in total. The van der Waals surface area contributed by atoms with E-state index in [1.807, 2.05) is 12.1 Å². The van der Waals surface area contributed by atoms with Crippen LogP contribution in [0.5, 0.6) is 11.5 Å². The minimum atomic E-state index is -0.138. The van der Waals surface area contributed by atoms with E-state index in [2.05, 4.69) is 11.4 Å². The summed E-state index contributed by atoms with van der Waals surface area (Å²) in [4.78, 5) is 14.4. The molecule has 0 aromatic heterocycles. The minimum Gasteiger partial charge on any atom is -0.497 e. The molecule has 2 heterocycles. The summed E-state index contributed by atoms with van der Waals surface area (Å²) in [6, 6.07) is 12.9. The second-order valence-corrected chi connectivity index (χ2v) is 6.54. The second kappa shape index (κ2) is 6.74. The SMILES string of the molecule is COc1cc(OC)cc(N2CC(=O)C(=C3Cc4cccc(C#N)c4N3)C2=N)c1. The Morgan fingerprint density at radius 2 is 1.89 bits per heavy atom. The predicted molar refractivity (Wildman–Crippen MR) is 105 cm³/mol. The second-order valence-electron chi connectivity index (χ2n) is 6.54. The lowest BCUT2D eigenvalue weighted by molar-refractivity contribution is -0.113. The van der Waals surface area contributed by atoms with Crippen LogP contribution in [-0.4, -0.2) is 32.4 Å². The van der Waals surface area contributed by atoms with Crippen molar-refractivity contribution in [3.8, 4) is 17.6 Å². The van der Waals surface area contributed by atoms with Crippen molar-refractivity contribution in [2.24, 2.45) is 0 Å². The van der Waals surface area contributed by atoms with Crippen molar-refractivity contribution >= 4 is 23.0 Å². The van der Waals surface area contributed by atoms with Gasteiger partial charge in [-0.25, -0.2) is 0 Å². The third-order valence-electron chi connectivity index (χ3n) is 4.95. The fourth-order valence-electron chi connectivity index (χ4n) is 3.57. The first-order valence-corrected chi connectivity index (χ1v) is 8.70. The van der Waals surface area contributed by atoms with Crippen LogP contribution in [0, 0.1) is 16.7 Å². The zero-order valence-corrected chi connectivity index (χ0v) is 15.5. The molecule has 7 heteroatoms. The van der Waals surface area contributed by atoms with Crippen molar-refractivity contribution in [1.29, 1.82) is 10.7 Å². The highest BCUT2D eigenvalue weighted by molar-refractivity contribution is 6.33. The maximum Gasteiger partial charge on any atom is 0.188 e. The molecule has 1 fully saturated rings. The van der Waals surface area contributed by atoms with Crippen molar-refractivity contribution in [2.45, 2.75) is 6.42 Å². The number of methoxy groups -OCH3 is 2. The van der Waals surface area contributed by atoms with Gasteiger partial charge in [-0.1, -0.05) is 12.1 Å². The first-order valence-electron chi connectivity index (χ1n) is 8.70. The molecule has 28 heavy (non-hydrogen) atoms. The molecule has 2 aliphatic rings. The van der Waals surface area contributed by atoms with Gasteiger partial charge in [-0.15, -0.1) is 0 Å². The van der Waals surface area contributed by atoms with Gasteiger partial charge < -0.3 is 19.7 Å². The van der Waals surface area contributed by atoms with Crippen LogP contribution < -0.4 is 19.7 Å². The largest absolute Gasteiger partial charge is 0.497 e. The monoisotopic (exact) mass is 374 g/mol. The highest BCUT2D eigenvalue weighted by Gasteiger charge is 2.36. The summed E-state index contributed by atoms with van der Waals surface area (Å²) < 4.78 is 10.6. The normalized spacial score (nSPS) is 18.0. The number of carbonyl (C=O) groups excluding carboxylic acids is 1. The van der Waals surface area contributed by atoms with E-state index in [9.17, 15) is 10.1 Å². The molecule has 0 atom stereocenters. The number of allylic oxidation sites excluding steroid dienone is 1. The van der Waals surface area contributed by atoms with Crippen molar-refractivity contribution < 1.29 is 14.3 Å². The summed E-state index contributed by atoms with van der Waals surface area (Å²) in [7, 11) is 3.11. The lowest BCUT2D eigenvalue weighted by Crippen LogP contribution is -2.24. The Labute approximate surface area is 162 Å². The number of anilines is 2. The fourth-order valence-corrected chi connectivity index (χ4v) is 3.57. The van der Waals surface area contributed by atoms with Gasteiger partial charge in [0.1, 0.15) is 23.4 Å². The Morgan fingerprint density at radius 1 is 1.18 bits per heavy atom. The average Bonchev–Trinajstić information content (AvgIpc) is 3.27. The maximum absolute atomic E-state index is 12.8. The van der Waals surface area contributed by atoms with Gasteiger partial charge in [0.25, 0.3) is 0 Å². The van der Waals surface area contributed by atoms with Crippen LogP contribution in [0.15, 0.2) is 47.7 Å². The van der Waals surface area contributed by atoms with Gasteiger partial charge >= 0.3 is 0 Å². The summed E-state index contributed by atoms with van der Waals surface area (Å²) >= 11 is 0. The summed E-state index contributed by atoms with van der Waals surface area (Å²) in [6.45, 7) is 0.0666. The number of ether oxygens (including phenoxy) is 2.